The Kier molecular flexibility index (Phi) is 7.96. The van der Waals surface area contributed by atoms with Gasteiger partial charge in [0, 0.05) is 11.7 Å². The first-order valence-electron chi connectivity index (χ1n) is 9.84. The summed E-state index contributed by atoms with van der Waals surface area (Å²) < 4.78 is 26.5. The molecule has 0 bridgehead atoms. The van der Waals surface area contributed by atoms with Crippen molar-refractivity contribution in [3.8, 4) is 0 Å². The Morgan fingerprint density at radius 1 is 1.07 bits per heavy atom. The van der Waals surface area contributed by atoms with Gasteiger partial charge in [-0.15, -0.1) is 0 Å². The average Bonchev–Trinajstić information content (AvgIpc) is 2.69. The Balaban J connectivity index is 2.07. The van der Waals surface area contributed by atoms with E-state index in [-0.39, 0.29) is 23.4 Å². The first-order valence-corrected chi connectivity index (χ1v) is 11.3. The fourth-order valence-electron chi connectivity index (χ4n) is 3.18. The largest absolute Gasteiger partial charge is 0.325 e. The number of hydrogen-bond acceptors (Lipinski definition) is 4. The number of hydrogen-bond donors (Lipinski definition) is 3. The molecule has 0 aliphatic carbocycles. The van der Waals surface area contributed by atoms with Gasteiger partial charge in [0.15, 0.2) is 0 Å². The highest BCUT2D eigenvalue weighted by molar-refractivity contribution is 7.89. The number of benzene rings is 2. The lowest BCUT2D eigenvalue weighted by Gasteiger charge is -2.23. The van der Waals surface area contributed by atoms with E-state index in [1.807, 2.05) is 0 Å². The Morgan fingerprint density at radius 2 is 1.72 bits per heavy atom. The first-order chi connectivity index (χ1) is 13.7. The van der Waals surface area contributed by atoms with Crippen LogP contribution < -0.4 is 15.4 Å². The van der Waals surface area contributed by atoms with E-state index in [1.54, 1.807) is 19.1 Å². The summed E-state index contributed by atoms with van der Waals surface area (Å²) in [5, 5.41) is 6.09. The number of nitrogens with one attached hydrogen (secondary N) is 3. The summed E-state index contributed by atoms with van der Waals surface area (Å²) >= 11 is 0. The number of amides is 1. The van der Waals surface area contributed by atoms with Gasteiger partial charge in [-0.25, -0.2) is 13.1 Å². The number of sulfonamides is 1. The summed E-state index contributed by atoms with van der Waals surface area (Å²) in [7, 11) is -2.22. The van der Waals surface area contributed by atoms with Crippen LogP contribution in [0.4, 0.5) is 5.69 Å². The second kappa shape index (κ2) is 10.0. The van der Waals surface area contributed by atoms with Crippen LogP contribution in [-0.2, 0) is 21.2 Å². The van der Waals surface area contributed by atoms with Crippen LogP contribution in [0.15, 0.2) is 47.4 Å². The SMILES string of the molecule is CCc1ccc([C@@H](NCC(=O)Nc2ccc(C)c(S(=O)(=O)NC)c2)C(C)C)cc1. The van der Waals surface area contributed by atoms with E-state index >= 15 is 0 Å². The van der Waals surface area contributed by atoms with E-state index in [9.17, 15) is 13.2 Å². The number of aryl methyl sites for hydroxylation is 2. The lowest BCUT2D eigenvalue weighted by molar-refractivity contribution is -0.115. The molecule has 0 aliphatic rings. The molecule has 0 unspecified atom stereocenters. The number of carbonyl (C=O) groups is 1. The van der Waals surface area contributed by atoms with Gasteiger partial charge in [-0.3, -0.25) is 4.79 Å². The third kappa shape index (κ3) is 6.13. The highest BCUT2D eigenvalue weighted by Gasteiger charge is 2.18. The molecule has 6 nitrogen and oxygen atoms in total. The smallest absolute Gasteiger partial charge is 0.240 e. The Hall–Kier alpha value is -2.22. The highest BCUT2D eigenvalue weighted by Crippen LogP contribution is 2.23. The first kappa shape index (κ1) is 23.1. The average molecular weight is 418 g/mol. The molecule has 2 rings (SSSR count). The minimum absolute atomic E-state index is 0.0462. The van der Waals surface area contributed by atoms with Gasteiger partial charge in [0.25, 0.3) is 0 Å². The van der Waals surface area contributed by atoms with Gasteiger partial charge in [0.2, 0.25) is 15.9 Å². The van der Waals surface area contributed by atoms with E-state index in [0.29, 0.717) is 17.2 Å². The number of anilines is 1. The molecule has 3 N–H and O–H groups in total. The maximum absolute atomic E-state index is 12.4. The molecule has 2 aromatic rings. The van der Waals surface area contributed by atoms with Crippen molar-refractivity contribution >= 4 is 21.6 Å². The second-order valence-corrected chi connectivity index (χ2v) is 9.29. The van der Waals surface area contributed by atoms with Crippen molar-refractivity contribution in [1.29, 1.82) is 0 Å². The monoisotopic (exact) mass is 417 g/mol. The van der Waals surface area contributed by atoms with E-state index in [0.717, 1.165) is 12.0 Å². The summed E-state index contributed by atoms with van der Waals surface area (Å²) in [6, 6.07) is 13.3. The van der Waals surface area contributed by atoms with E-state index < -0.39 is 10.0 Å². The van der Waals surface area contributed by atoms with Crippen molar-refractivity contribution in [3.05, 3.63) is 59.2 Å². The summed E-state index contributed by atoms with van der Waals surface area (Å²) in [5.74, 6) is 0.0829. The van der Waals surface area contributed by atoms with Crippen LogP contribution in [0.5, 0.6) is 0 Å². The van der Waals surface area contributed by atoms with Crippen LogP contribution >= 0.6 is 0 Å². The van der Waals surface area contributed by atoms with Crippen LogP contribution in [0.2, 0.25) is 0 Å². The number of carbonyl (C=O) groups excluding carboxylic acids is 1. The van der Waals surface area contributed by atoms with Crippen LogP contribution in [0, 0.1) is 12.8 Å². The quantitative estimate of drug-likeness (QED) is 0.584. The molecule has 0 heterocycles. The van der Waals surface area contributed by atoms with Crippen molar-refractivity contribution in [2.75, 3.05) is 18.9 Å². The summed E-state index contributed by atoms with van der Waals surface area (Å²) in [6.07, 6.45) is 0.990. The van der Waals surface area contributed by atoms with Crippen LogP contribution in [0.3, 0.4) is 0 Å². The fourth-order valence-corrected chi connectivity index (χ4v) is 4.18. The van der Waals surface area contributed by atoms with Crippen molar-refractivity contribution in [1.82, 2.24) is 10.0 Å². The molecule has 1 amide bonds. The highest BCUT2D eigenvalue weighted by atomic mass is 32.2. The predicted octanol–water partition coefficient (Wildman–Crippen LogP) is 3.39. The Morgan fingerprint density at radius 3 is 2.28 bits per heavy atom. The molecule has 0 saturated carbocycles. The van der Waals surface area contributed by atoms with Crippen LogP contribution in [0.1, 0.15) is 43.5 Å². The summed E-state index contributed by atoms with van der Waals surface area (Å²) in [4.78, 5) is 12.6. The third-order valence-electron chi connectivity index (χ3n) is 4.93. The van der Waals surface area contributed by atoms with Gasteiger partial charge in [-0.05, 0) is 55.1 Å². The molecule has 0 saturated heterocycles. The van der Waals surface area contributed by atoms with Gasteiger partial charge in [0.1, 0.15) is 0 Å². The summed E-state index contributed by atoms with van der Waals surface area (Å²) in [6.45, 7) is 8.18. The molecule has 2 aromatic carbocycles. The zero-order valence-corrected chi connectivity index (χ0v) is 18.6. The molecule has 0 fully saturated rings. The molecule has 1 atom stereocenters. The van der Waals surface area contributed by atoms with E-state index in [1.165, 1.54) is 18.7 Å². The summed E-state index contributed by atoms with van der Waals surface area (Å²) in [5.41, 5.74) is 3.49. The van der Waals surface area contributed by atoms with Crippen molar-refractivity contribution in [2.45, 2.75) is 45.1 Å². The topological polar surface area (TPSA) is 87.3 Å². The van der Waals surface area contributed by atoms with Crippen molar-refractivity contribution in [2.24, 2.45) is 5.92 Å². The fraction of sp³-hybridized carbons (Fsp3) is 0.409. The number of rotatable bonds is 9. The van der Waals surface area contributed by atoms with E-state index in [2.05, 4.69) is 60.4 Å². The molecule has 0 aromatic heterocycles. The molecule has 0 spiro atoms. The lowest BCUT2D eigenvalue weighted by atomic mass is 9.95. The molecule has 0 radical (unpaired) electrons. The Bertz CT molecular complexity index is 938. The minimum atomic E-state index is -3.58. The molecule has 7 heteroatoms. The standard InChI is InChI=1S/C22H31N3O3S/c1-6-17-8-10-18(11-9-17)22(15(2)3)24-14-21(26)25-19-12-7-16(4)20(13-19)29(27,28)23-5/h7-13,15,22-24H,6,14H2,1-5H3,(H,25,26)/t22-/m0/s1. The molecule has 0 aliphatic heterocycles. The molecular formula is C22H31N3O3S. The van der Waals surface area contributed by atoms with Gasteiger partial charge in [-0.1, -0.05) is 51.1 Å². The van der Waals surface area contributed by atoms with Crippen molar-refractivity contribution < 1.29 is 13.2 Å². The predicted molar refractivity (Wildman–Crippen MR) is 117 cm³/mol. The molecular weight excluding hydrogens is 386 g/mol. The third-order valence-corrected chi connectivity index (χ3v) is 6.48. The van der Waals surface area contributed by atoms with Gasteiger partial charge in [-0.2, -0.15) is 0 Å². The molecule has 158 valence electrons. The Labute approximate surface area is 174 Å². The van der Waals surface area contributed by atoms with Gasteiger partial charge in [0.05, 0.1) is 11.4 Å². The van der Waals surface area contributed by atoms with Gasteiger partial charge < -0.3 is 10.6 Å². The molecule has 29 heavy (non-hydrogen) atoms. The van der Waals surface area contributed by atoms with Crippen LogP contribution in [0.25, 0.3) is 0 Å². The van der Waals surface area contributed by atoms with Crippen molar-refractivity contribution in [3.63, 3.8) is 0 Å². The van der Waals surface area contributed by atoms with Gasteiger partial charge >= 0.3 is 0 Å². The minimum Gasteiger partial charge on any atom is -0.325 e. The zero-order chi connectivity index (χ0) is 21.6. The second-order valence-electron chi connectivity index (χ2n) is 7.43. The van der Waals surface area contributed by atoms with Crippen LogP contribution in [-0.4, -0.2) is 27.9 Å². The normalized spacial score (nSPS) is 12.8. The lowest BCUT2D eigenvalue weighted by Crippen LogP contribution is -2.33. The maximum Gasteiger partial charge on any atom is 0.240 e. The van der Waals surface area contributed by atoms with E-state index in [4.69, 9.17) is 0 Å². The zero-order valence-electron chi connectivity index (χ0n) is 17.7. The maximum atomic E-state index is 12.4.